The Morgan fingerprint density at radius 1 is 1.19 bits per heavy atom. The minimum Gasteiger partial charge on any atom is -0.497 e. The number of methoxy groups -OCH3 is 1. The summed E-state index contributed by atoms with van der Waals surface area (Å²) in [5, 5.41) is 13.4. The van der Waals surface area contributed by atoms with E-state index in [4.69, 9.17) is 4.74 Å². The fourth-order valence-corrected chi connectivity index (χ4v) is 3.57. The van der Waals surface area contributed by atoms with Gasteiger partial charge in [0.1, 0.15) is 5.75 Å². The second-order valence-corrected chi connectivity index (χ2v) is 6.87. The van der Waals surface area contributed by atoms with Gasteiger partial charge >= 0.3 is 0 Å². The average Bonchev–Trinajstić information content (AvgIpc) is 3.33. The lowest BCUT2D eigenvalue weighted by Gasteiger charge is -2.05. The van der Waals surface area contributed by atoms with Gasteiger partial charge in [-0.25, -0.2) is 4.68 Å². The number of Topliss-reactive ketones (excluding diaryl/α,β-unsaturated/α-hetero) is 1. The summed E-state index contributed by atoms with van der Waals surface area (Å²) in [6, 6.07) is 15.5. The second kappa shape index (κ2) is 7.63. The summed E-state index contributed by atoms with van der Waals surface area (Å²) >= 11 is 1.33. The Kier molecular flexibility index (Phi) is 4.88. The van der Waals surface area contributed by atoms with E-state index in [-0.39, 0.29) is 11.5 Å². The quantitative estimate of drug-likeness (QED) is 0.392. The number of carbonyl (C=O) groups excluding carboxylic acids is 1. The zero-order valence-electron chi connectivity index (χ0n) is 14.6. The number of aromatic nitrogens is 5. The lowest BCUT2D eigenvalue weighted by atomic mass is 10.1. The first-order chi connectivity index (χ1) is 13.2. The van der Waals surface area contributed by atoms with E-state index in [0.29, 0.717) is 17.3 Å². The van der Waals surface area contributed by atoms with Crippen molar-refractivity contribution >= 4 is 28.4 Å². The molecule has 0 bridgehead atoms. The zero-order valence-corrected chi connectivity index (χ0v) is 15.4. The third-order valence-corrected chi connectivity index (χ3v) is 5.17. The van der Waals surface area contributed by atoms with Gasteiger partial charge in [-0.3, -0.25) is 4.79 Å². The van der Waals surface area contributed by atoms with Crippen molar-refractivity contribution < 1.29 is 9.53 Å². The number of rotatable bonds is 7. The fourth-order valence-electron chi connectivity index (χ4n) is 2.81. The highest BCUT2D eigenvalue weighted by Crippen LogP contribution is 2.22. The number of hydrogen-bond donors (Lipinski definition) is 1. The molecule has 7 nitrogen and oxygen atoms in total. The fraction of sp³-hybridized carbons (Fsp3) is 0.158. The third kappa shape index (κ3) is 3.70. The Morgan fingerprint density at radius 3 is 2.81 bits per heavy atom. The van der Waals surface area contributed by atoms with Gasteiger partial charge in [0.2, 0.25) is 5.16 Å². The van der Waals surface area contributed by atoms with E-state index in [9.17, 15) is 4.79 Å². The molecule has 0 spiro atoms. The Balaban J connectivity index is 1.44. The largest absolute Gasteiger partial charge is 0.497 e. The molecule has 0 aliphatic heterocycles. The molecule has 0 atom stereocenters. The van der Waals surface area contributed by atoms with Crippen LogP contribution in [0.3, 0.4) is 0 Å². The van der Waals surface area contributed by atoms with Gasteiger partial charge in [0.25, 0.3) is 0 Å². The normalized spacial score (nSPS) is 11.0. The van der Waals surface area contributed by atoms with Gasteiger partial charge < -0.3 is 9.72 Å². The summed E-state index contributed by atoms with van der Waals surface area (Å²) in [6.07, 6.45) is 1.76. The maximum absolute atomic E-state index is 12.6. The van der Waals surface area contributed by atoms with E-state index >= 15 is 0 Å². The first kappa shape index (κ1) is 17.3. The number of H-pyrrole nitrogens is 1. The van der Waals surface area contributed by atoms with Crippen LogP contribution in [0.5, 0.6) is 5.75 Å². The Hall–Kier alpha value is -3.13. The third-order valence-electron chi connectivity index (χ3n) is 4.21. The maximum Gasteiger partial charge on any atom is 0.210 e. The van der Waals surface area contributed by atoms with Crippen LogP contribution in [0, 0.1) is 0 Å². The molecule has 4 aromatic rings. The van der Waals surface area contributed by atoms with E-state index in [0.717, 1.165) is 22.2 Å². The molecule has 2 aromatic heterocycles. The number of nitrogens with one attached hydrogen (secondary N) is 1. The van der Waals surface area contributed by atoms with Gasteiger partial charge in [-0.2, -0.15) is 0 Å². The predicted molar refractivity (Wildman–Crippen MR) is 103 cm³/mol. The zero-order chi connectivity index (χ0) is 18.6. The maximum atomic E-state index is 12.6. The van der Waals surface area contributed by atoms with E-state index in [2.05, 4.69) is 20.5 Å². The van der Waals surface area contributed by atoms with E-state index in [1.165, 1.54) is 11.8 Å². The van der Waals surface area contributed by atoms with Gasteiger partial charge in [0.05, 0.1) is 19.4 Å². The van der Waals surface area contributed by atoms with Crippen molar-refractivity contribution in [1.82, 2.24) is 25.2 Å². The van der Waals surface area contributed by atoms with Gasteiger partial charge in [-0.1, -0.05) is 42.1 Å². The smallest absolute Gasteiger partial charge is 0.210 e. The van der Waals surface area contributed by atoms with Crippen molar-refractivity contribution in [3.8, 4) is 5.75 Å². The average molecular weight is 379 g/mol. The minimum absolute atomic E-state index is 0.0384. The van der Waals surface area contributed by atoms with Crippen LogP contribution in [0.1, 0.15) is 15.9 Å². The molecule has 0 unspecified atom stereocenters. The summed E-state index contributed by atoms with van der Waals surface area (Å²) in [6.45, 7) is 0.528. The van der Waals surface area contributed by atoms with Crippen LogP contribution in [-0.2, 0) is 6.54 Å². The highest BCUT2D eigenvalue weighted by atomic mass is 32.2. The number of aromatic amines is 1. The van der Waals surface area contributed by atoms with Crippen molar-refractivity contribution in [2.24, 2.45) is 0 Å². The van der Waals surface area contributed by atoms with Crippen LogP contribution in [0.2, 0.25) is 0 Å². The monoisotopic (exact) mass is 379 g/mol. The van der Waals surface area contributed by atoms with Crippen molar-refractivity contribution in [3.63, 3.8) is 0 Å². The molecule has 136 valence electrons. The first-order valence-corrected chi connectivity index (χ1v) is 9.34. The number of carbonyl (C=O) groups is 1. The number of tetrazole rings is 1. The number of ketones is 1. The lowest BCUT2D eigenvalue weighted by Crippen LogP contribution is -2.06. The highest BCUT2D eigenvalue weighted by Gasteiger charge is 2.15. The molecule has 0 radical (unpaired) electrons. The standard InChI is InChI=1S/C19H17N5O2S/c1-26-14-8-6-13(7-9-14)11-24-19(21-22-23-24)27-12-18(25)16-10-20-17-5-3-2-4-15(16)17/h2-10,20H,11-12H2,1H3. The molecular weight excluding hydrogens is 362 g/mol. The van der Waals surface area contributed by atoms with Crippen LogP contribution in [0.15, 0.2) is 59.9 Å². The molecule has 0 aliphatic carbocycles. The van der Waals surface area contributed by atoms with Crippen molar-refractivity contribution in [3.05, 3.63) is 65.9 Å². The summed E-state index contributed by atoms with van der Waals surface area (Å²) in [5.41, 5.74) is 2.69. The topological polar surface area (TPSA) is 85.7 Å². The van der Waals surface area contributed by atoms with Crippen molar-refractivity contribution in [1.29, 1.82) is 0 Å². The highest BCUT2D eigenvalue weighted by molar-refractivity contribution is 7.99. The van der Waals surface area contributed by atoms with E-state index in [1.807, 2.05) is 48.5 Å². The number of thioether (sulfide) groups is 1. The van der Waals surface area contributed by atoms with E-state index < -0.39 is 0 Å². The van der Waals surface area contributed by atoms with Crippen LogP contribution >= 0.6 is 11.8 Å². The Labute approximate surface area is 159 Å². The molecular formula is C19H17N5O2S. The van der Waals surface area contributed by atoms with Gasteiger partial charge in [0.15, 0.2) is 5.78 Å². The molecule has 2 heterocycles. The van der Waals surface area contributed by atoms with Gasteiger partial charge in [-0.15, -0.1) is 5.10 Å². The van der Waals surface area contributed by atoms with Crippen LogP contribution in [-0.4, -0.2) is 43.8 Å². The molecule has 0 saturated heterocycles. The minimum atomic E-state index is 0.0384. The summed E-state index contributed by atoms with van der Waals surface area (Å²) in [4.78, 5) is 15.8. The number of fused-ring (bicyclic) bond motifs is 1. The molecule has 2 aromatic carbocycles. The summed E-state index contributed by atoms with van der Waals surface area (Å²) in [5.74, 6) is 1.11. The predicted octanol–water partition coefficient (Wildman–Crippen LogP) is 3.19. The molecule has 0 fully saturated rings. The second-order valence-electron chi connectivity index (χ2n) is 5.93. The van der Waals surface area contributed by atoms with Crippen LogP contribution in [0.25, 0.3) is 10.9 Å². The summed E-state index contributed by atoms with van der Waals surface area (Å²) in [7, 11) is 1.63. The SMILES string of the molecule is COc1ccc(Cn2nnnc2SCC(=O)c2c[nH]c3ccccc23)cc1. The van der Waals surface area contributed by atoms with Crippen LogP contribution < -0.4 is 4.74 Å². The Bertz CT molecular complexity index is 1070. The van der Waals surface area contributed by atoms with Crippen LogP contribution in [0.4, 0.5) is 0 Å². The first-order valence-electron chi connectivity index (χ1n) is 8.36. The van der Waals surface area contributed by atoms with Gasteiger partial charge in [0, 0.05) is 22.7 Å². The number of ether oxygens (including phenoxy) is 1. The molecule has 1 N–H and O–H groups in total. The van der Waals surface area contributed by atoms with Crippen molar-refractivity contribution in [2.45, 2.75) is 11.7 Å². The van der Waals surface area contributed by atoms with Crippen molar-refractivity contribution in [2.75, 3.05) is 12.9 Å². The molecule has 27 heavy (non-hydrogen) atoms. The molecule has 8 heteroatoms. The van der Waals surface area contributed by atoms with Gasteiger partial charge in [-0.05, 0) is 34.2 Å². The Morgan fingerprint density at radius 2 is 2.00 bits per heavy atom. The lowest BCUT2D eigenvalue weighted by molar-refractivity contribution is 0.102. The number of hydrogen-bond acceptors (Lipinski definition) is 6. The number of nitrogens with zero attached hydrogens (tertiary/aromatic N) is 4. The molecule has 0 saturated carbocycles. The number of benzene rings is 2. The summed E-state index contributed by atoms with van der Waals surface area (Å²) < 4.78 is 6.86. The molecule has 0 aliphatic rings. The molecule has 4 rings (SSSR count). The van der Waals surface area contributed by atoms with E-state index in [1.54, 1.807) is 18.0 Å². The number of para-hydroxylation sites is 1. The molecule has 0 amide bonds.